The molecule has 1 N–H and O–H groups in total. The van der Waals surface area contributed by atoms with Crippen LogP contribution in [0.15, 0.2) is 72.8 Å². The lowest BCUT2D eigenvalue weighted by Gasteiger charge is -2.33. The lowest BCUT2D eigenvalue weighted by atomic mass is 10.0. The number of hydrogen-bond donors (Lipinski definition) is 1. The minimum absolute atomic E-state index is 0.00318. The molecule has 8 nitrogen and oxygen atoms in total. The molecule has 1 atom stereocenters. The minimum Gasteiger partial charge on any atom is -0.494 e. The van der Waals surface area contributed by atoms with Crippen LogP contribution in [0.1, 0.15) is 31.9 Å². The zero-order valence-corrected chi connectivity index (χ0v) is 26.5. The van der Waals surface area contributed by atoms with Gasteiger partial charge in [-0.05, 0) is 60.4 Å². The summed E-state index contributed by atoms with van der Waals surface area (Å²) < 4.78 is 32.4. The van der Waals surface area contributed by atoms with E-state index in [1.807, 2.05) is 51.1 Å². The van der Waals surface area contributed by atoms with Crippen molar-refractivity contribution in [1.29, 1.82) is 0 Å². The second kappa shape index (κ2) is 15.3. The quantitative estimate of drug-likeness (QED) is 0.250. The highest BCUT2D eigenvalue weighted by atomic mass is 35.5. The molecular weight excluding hydrogens is 597 g/mol. The van der Waals surface area contributed by atoms with Crippen molar-refractivity contribution in [3.05, 3.63) is 94.0 Å². The molecule has 0 aliphatic carbocycles. The van der Waals surface area contributed by atoms with E-state index >= 15 is 0 Å². The number of carbonyl (C=O) groups excluding carboxylic acids is 2. The zero-order chi connectivity index (χ0) is 30.9. The Morgan fingerprint density at radius 1 is 0.929 bits per heavy atom. The van der Waals surface area contributed by atoms with Crippen LogP contribution in [-0.2, 0) is 32.6 Å². The van der Waals surface area contributed by atoms with Crippen LogP contribution in [0.4, 0.5) is 5.69 Å². The van der Waals surface area contributed by atoms with Crippen LogP contribution in [0, 0.1) is 5.92 Å². The molecule has 3 aromatic carbocycles. The lowest BCUT2D eigenvalue weighted by Crippen LogP contribution is -2.53. The van der Waals surface area contributed by atoms with Gasteiger partial charge in [-0.25, -0.2) is 8.42 Å². The number of amides is 2. The Bertz CT molecular complexity index is 1450. The van der Waals surface area contributed by atoms with Crippen LogP contribution < -0.4 is 14.4 Å². The molecule has 3 rings (SSSR count). The van der Waals surface area contributed by atoms with Crippen molar-refractivity contribution in [3.63, 3.8) is 0 Å². The molecule has 226 valence electrons. The number of ether oxygens (including phenoxy) is 1. The van der Waals surface area contributed by atoms with Gasteiger partial charge in [0.25, 0.3) is 0 Å². The average molecular weight is 635 g/mol. The molecule has 0 aliphatic heterocycles. The standard InChI is InChI=1S/C31H37Cl2N3O5S/c1-5-41-26-14-12-25(13-15-26)36(42(4,39)40)21-30(37)35(20-24-11-16-27(32)28(33)17-24)29(31(38)34-19-22(2)3)18-23-9-7-6-8-10-23/h6-17,22,29H,5,18-21H2,1-4H3,(H,34,38)/t29-/m1/s1. The van der Waals surface area contributed by atoms with Crippen LogP contribution in [-0.4, -0.2) is 57.1 Å². The van der Waals surface area contributed by atoms with Gasteiger partial charge < -0.3 is 15.0 Å². The molecule has 0 radical (unpaired) electrons. The molecule has 0 aliphatic rings. The fourth-order valence-electron chi connectivity index (χ4n) is 4.30. The van der Waals surface area contributed by atoms with E-state index in [1.54, 1.807) is 42.5 Å². The molecule has 3 aromatic rings. The van der Waals surface area contributed by atoms with E-state index < -0.39 is 28.5 Å². The van der Waals surface area contributed by atoms with E-state index in [1.165, 1.54) is 4.90 Å². The number of anilines is 1. The van der Waals surface area contributed by atoms with E-state index in [2.05, 4.69) is 5.32 Å². The summed E-state index contributed by atoms with van der Waals surface area (Å²) in [7, 11) is -3.88. The van der Waals surface area contributed by atoms with Gasteiger partial charge in [0, 0.05) is 19.5 Å². The summed E-state index contributed by atoms with van der Waals surface area (Å²) in [6, 6.07) is 19.9. The number of nitrogens with zero attached hydrogens (tertiary/aromatic N) is 2. The Balaban J connectivity index is 2.04. The van der Waals surface area contributed by atoms with E-state index in [-0.39, 0.29) is 24.8 Å². The Hall–Kier alpha value is -3.27. The van der Waals surface area contributed by atoms with Crippen LogP contribution in [0.2, 0.25) is 10.0 Å². The maximum Gasteiger partial charge on any atom is 0.244 e. The van der Waals surface area contributed by atoms with Crippen molar-refractivity contribution in [2.45, 2.75) is 39.8 Å². The number of hydrogen-bond acceptors (Lipinski definition) is 5. The molecule has 42 heavy (non-hydrogen) atoms. The van der Waals surface area contributed by atoms with Crippen molar-refractivity contribution in [2.24, 2.45) is 5.92 Å². The van der Waals surface area contributed by atoms with Gasteiger partial charge in [-0.2, -0.15) is 0 Å². The first-order valence-corrected chi connectivity index (χ1v) is 16.2. The van der Waals surface area contributed by atoms with E-state index in [0.29, 0.717) is 40.2 Å². The van der Waals surface area contributed by atoms with Crippen LogP contribution in [0.25, 0.3) is 0 Å². The number of nitrogens with one attached hydrogen (secondary N) is 1. The van der Waals surface area contributed by atoms with Gasteiger partial charge in [-0.3, -0.25) is 13.9 Å². The Kier molecular flexibility index (Phi) is 12.1. The predicted molar refractivity (Wildman–Crippen MR) is 169 cm³/mol. The van der Waals surface area contributed by atoms with E-state index in [4.69, 9.17) is 27.9 Å². The van der Waals surface area contributed by atoms with Gasteiger partial charge in [0.1, 0.15) is 18.3 Å². The van der Waals surface area contributed by atoms with Gasteiger partial charge in [0.2, 0.25) is 21.8 Å². The summed E-state index contributed by atoms with van der Waals surface area (Å²) in [6.07, 6.45) is 1.26. The first-order valence-electron chi connectivity index (χ1n) is 13.6. The Morgan fingerprint density at radius 2 is 1.60 bits per heavy atom. The molecule has 0 bridgehead atoms. The average Bonchev–Trinajstić information content (AvgIpc) is 2.94. The monoisotopic (exact) mass is 633 g/mol. The molecule has 11 heteroatoms. The highest BCUT2D eigenvalue weighted by Crippen LogP contribution is 2.26. The lowest BCUT2D eigenvalue weighted by molar-refractivity contribution is -0.140. The van der Waals surface area contributed by atoms with Gasteiger partial charge in [0.15, 0.2) is 0 Å². The largest absolute Gasteiger partial charge is 0.494 e. The van der Waals surface area contributed by atoms with Crippen LogP contribution in [0.3, 0.4) is 0 Å². The van der Waals surface area contributed by atoms with Crippen molar-refractivity contribution in [2.75, 3.05) is 30.3 Å². The summed E-state index contributed by atoms with van der Waals surface area (Å²) in [5, 5.41) is 3.61. The smallest absolute Gasteiger partial charge is 0.244 e. The second-order valence-corrected chi connectivity index (χ2v) is 13.0. The summed E-state index contributed by atoms with van der Waals surface area (Å²) in [4.78, 5) is 29.2. The highest BCUT2D eigenvalue weighted by Gasteiger charge is 2.33. The number of halogens is 2. The third kappa shape index (κ3) is 9.64. The topological polar surface area (TPSA) is 96.0 Å². The van der Waals surface area contributed by atoms with Gasteiger partial charge >= 0.3 is 0 Å². The zero-order valence-electron chi connectivity index (χ0n) is 24.2. The molecule has 0 unspecified atom stereocenters. The normalized spacial score (nSPS) is 12.1. The molecule has 2 amide bonds. The predicted octanol–water partition coefficient (Wildman–Crippen LogP) is 5.57. The second-order valence-electron chi connectivity index (χ2n) is 10.3. The first kappa shape index (κ1) is 33.2. The van der Waals surface area contributed by atoms with Crippen molar-refractivity contribution < 1.29 is 22.7 Å². The van der Waals surface area contributed by atoms with E-state index in [9.17, 15) is 18.0 Å². The maximum atomic E-state index is 14.1. The third-order valence-corrected chi connectivity index (χ3v) is 8.29. The number of benzene rings is 3. The molecule has 0 aromatic heterocycles. The fraction of sp³-hybridized carbons (Fsp3) is 0.355. The molecule has 0 heterocycles. The van der Waals surface area contributed by atoms with Gasteiger partial charge in [-0.15, -0.1) is 0 Å². The molecular formula is C31H37Cl2N3O5S. The van der Waals surface area contributed by atoms with Gasteiger partial charge in [0.05, 0.1) is 28.6 Å². The van der Waals surface area contributed by atoms with E-state index in [0.717, 1.165) is 16.1 Å². The highest BCUT2D eigenvalue weighted by molar-refractivity contribution is 7.92. The molecule has 0 fully saturated rings. The maximum absolute atomic E-state index is 14.1. The van der Waals surface area contributed by atoms with Crippen LogP contribution in [0.5, 0.6) is 5.75 Å². The third-order valence-electron chi connectivity index (χ3n) is 6.41. The molecule has 0 saturated heterocycles. The van der Waals surface area contributed by atoms with Gasteiger partial charge in [-0.1, -0.05) is 73.4 Å². The summed E-state index contributed by atoms with van der Waals surface area (Å²) in [5.41, 5.74) is 1.78. The van der Waals surface area contributed by atoms with Crippen molar-refractivity contribution in [1.82, 2.24) is 10.2 Å². The first-order chi connectivity index (χ1) is 19.9. The van der Waals surface area contributed by atoms with Crippen molar-refractivity contribution in [3.8, 4) is 5.75 Å². The summed E-state index contributed by atoms with van der Waals surface area (Å²) in [5.74, 6) is -0.132. The summed E-state index contributed by atoms with van der Waals surface area (Å²) in [6.45, 7) is 6.17. The number of rotatable bonds is 14. The Morgan fingerprint density at radius 3 is 2.17 bits per heavy atom. The molecule has 0 spiro atoms. The molecule has 0 saturated carbocycles. The minimum atomic E-state index is -3.88. The van der Waals surface area contributed by atoms with Crippen LogP contribution >= 0.6 is 23.2 Å². The fourth-order valence-corrected chi connectivity index (χ4v) is 5.47. The SMILES string of the molecule is CCOc1ccc(N(CC(=O)N(Cc2ccc(Cl)c(Cl)c2)[C@H](Cc2ccccc2)C(=O)NCC(C)C)S(C)(=O)=O)cc1. The van der Waals surface area contributed by atoms with Crippen molar-refractivity contribution >= 4 is 50.7 Å². The number of carbonyl (C=O) groups is 2. The summed E-state index contributed by atoms with van der Waals surface area (Å²) >= 11 is 12.4. The number of sulfonamides is 1. The Labute approximate surface area is 258 Å².